The highest BCUT2D eigenvalue weighted by Crippen LogP contribution is 2.35. The van der Waals surface area contributed by atoms with Gasteiger partial charge in [0.15, 0.2) is 17.2 Å². The first-order valence-corrected chi connectivity index (χ1v) is 9.97. The number of nitriles is 1. The second-order valence-electron chi connectivity index (χ2n) is 7.64. The van der Waals surface area contributed by atoms with E-state index in [0.29, 0.717) is 16.6 Å². The fraction of sp³-hybridized carbons (Fsp3) is 0.286. The summed E-state index contributed by atoms with van der Waals surface area (Å²) in [6.07, 6.45) is 0. The minimum Gasteiger partial charge on any atom is -0.476 e. The van der Waals surface area contributed by atoms with Crippen LogP contribution in [0.4, 0.5) is 20.3 Å². The SMILES string of the molecule is Cc1cc([C@@H](C)Nc2ccc(Cl)nc2C(=O)O)c2nc(N3CC(F)(F)C3)c(C#N)nc2c1. The number of benzene rings is 1. The Hall–Kier alpha value is -3.58. The number of carbonyl (C=O) groups is 1. The van der Waals surface area contributed by atoms with Crippen molar-refractivity contribution in [3.8, 4) is 6.07 Å². The summed E-state index contributed by atoms with van der Waals surface area (Å²) in [5, 5.41) is 22.1. The van der Waals surface area contributed by atoms with Crippen molar-refractivity contribution in [2.75, 3.05) is 23.3 Å². The average molecular weight is 459 g/mol. The summed E-state index contributed by atoms with van der Waals surface area (Å²) in [6.45, 7) is 2.58. The number of anilines is 2. The molecule has 8 nitrogen and oxygen atoms in total. The van der Waals surface area contributed by atoms with Gasteiger partial charge in [-0.05, 0) is 37.6 Å². The van der Waals surface area contributed by atoms with Crippen LogP contribution in [0.25, 0.3) is 11.0 Å². The van der Waals surface area contributed by atoms with Crippen LogP contribution < -0.4 is 10.2 Å². The molecule has 1 aliphatic rings. The van der Waals surface area contributed by atoms with Gasteiger partial charge in [-0.1, -0.05) is 17.7 Å². The Morgan fingerprint density at radius 1 is 1.31 bits per heavy atom. The molecule has 1 saturated heterocycles. The number of fused-ring (bicyclic) bond motifs is 1. The molecule has 3 heterocycles. The fourth-order valence-corrected chi connectivity index (χ4v) is 3.78. The normalized spacial score (nSPS) is 15.7. The first-order chi connectivity index (χ1) is 15.1. The van der Waals surface area contributed by atoms with E-state index in [1.807, 2.05) is 19.1 Å². The van der Waals surface area contributed by atoms with Crippen molar-refractivity contribution in [2.45, 2.75) is 25.8 Å². The van der Waals surface area contributed by atoms with Crippen molar-refractivity contribution < 1.29 is 18.7 Å². The summed E-state index contributed by atoms with van der Waals surface area (Å²) in [4.78, 5) is 25.6. The predicted molar refractivity (Wildman–Crippen MR) is 114 cm³/mol. The zero-order chi connectivity index (χ0) is 23.2. The van der Waals surface area contributed by atoms with E-state index in [-0.39, 0.29) is 28.0 Å². The number of nitrogens with one attached hydrogen (secondary N) is 1. The lowest BCUT2D eigenvalue weighted by Crippen LogP contribution is -2.57. The van der Waals surface area contributed by atoms with Crippen LogP contribution in [0, 0.1) is 18.3 Å². The van der Waals surface area contributed by atoms with Crippen LogP contribution in [0.5, 0.6) is 0 Å². The summed E-state index contributed by atoms with van der Waals surface area (Å²) in [5.41, 5.74) is 2.37. The standard InChI is InChI=1S/C21H17ClF2N6O2/c1-10-5-12(11(2)26-13-3-4-16(22)28-18(13)20(31)32)17-14(6-10)27-15(7-25)19(29-17)30-8-21(23,24)9-30/h3-6,11,26H,8-9H2,1-2H3,(H,31,32)/t11-/m1/s1. The Morgan fingerprint density at radius 3 is 2.66 bits per heavy atom. The lowest BCUT2D eigenvalue weighted by Gasteiger charge is -2.39. The van der Waals surface area contributed by atoms with Gasteiger partial charge in [-0.3, -0.25) is 0 Å². The fourth-order valence-electron chi connectivity index (χ4n) is 3.64. The number of aromatic carboxylic acids is 1. The zero-order valence-corrected chi connectivity index (χ0v) is 17.8. The predicted octanol–water partition coefficient (Wildman–Crippen LogP) is 4.18. The van der Waals surface area contributed by atoms with Gasteiger partial charge in [-0.2, -0.15) is 5.26 Å². The Labute approximate surface area is 186 Å². The maximum atomic E-state index is 13.4. The average Bonchev–Trinajstić information content (AvgIpc) is 2.71. The van der Waals surface area contributed by atoms with E-state index in [1.165, 1.54) is 17.0 Å². The third-order valence-corrected chi connectivity index (χ3v) is 5.29. The molecule has 1 fully saturated rings. The number of hydrogen-bond acceptors (Lipinski definition) is 7. The molecule has 0 bridgehead atoms. The summed E-state index contributed by atoms with van der Waals surface area (Å²) < 4.78 is 26.8. The smallest absolute Gasteiger partial charge is 0.356 e. The van der Waals surface area contributed by atoms with Crippen molar-refractivity contribution in [1.82, 2.24) is 15.0 Å². The molecule has 0 aliphatic carbocycles. The molecule has 11 heteroatoms. The van der Waals surface area contributed by atoms with Crippen molar-refractivity contribution in [1.29, 1.82) is 5.26 Å². The summed E-state index contributed by atoms with van der Waals surface area (Å²) in [6, 6.07) is 8.06. The van der Waals surface area contributed by atoms with Crippen LogP contribution in [0.1, 0.15) is 40.3 Å². The lowest BCUT2D eigenvalue weighted by molar-refractivity contribution is -0.0267. The summed E-state index contributed by atoms with van der Waals surface area (Å²) in [5.74, 6) is -3.97. The van der Waals surface area contributed by atoms with Gasteiger partial charge in [0.2, 0.25) is 0 Å². The molecule has 0 amide bonds. The van der Waals surface area contributed by atoms with Gasteiger partial charge in [-0.15, -0.1) is 0 Å². The highest BCUT2D eigenvalue weighted by molar-refractivity contribution is 6.29. The topological polar surface area (TPSA) is 115 Å². The van der Waals surface area contributed by atoms with E-state index in [2.05, 4.69) is 20.3 Å². The third-order valence-electron chi connectivity index (χ3n) is 5.08. The molecule has 1 atom stereocenters. The second-order valence-corrected chi connectivity index (χ2v) is 8.03. The number of alkyl halides is 2. The quantitative estimate of drug-likeness (QED) is 0.547. The van der Waals surface area contributed by atoms with E-state index in [9.17, 15) is 23.9 Å². The minimum absolute atomic E-state index is 0.0276. The lowest BCUT2D eigenvalue weighted by atomic mass is 10.0. The molecule has 3 aromatic rings. The molecule has 164 valence electrons. The van der Waals surface area contributed by atoms with Crippen molar-refractivity contribution >= 4 is 40.1 Å². The van der Waals surface area contributed by atoms with Gasteiger partial charge in [0.1, 0.15) is 11.2 Å². The number of carboxylic acids is 1. The summed E-state index contributed by atoms with van der Waals surface area (Å²) in [7, 11) is 0. The van der Waals surface area contributed by atoms with Crippen molar-refractivity contribution in [2.24, 2.45) is 0 Å². The van der Waals surface area contributed by atoms with Crippen molar-refractivity contribution in [3.05, 3.63) is 51.9 Å². The van der Waals surface area contributed by atoms with E-state index in [1.54, 1.807) is 13.0 Å². The number of carboxylic acid groups (broad SMARTS) is 1. The number of aryl methyl sites for hydroxylation is 1. The Kier molecular flexibility index (Phi) is 5.30. The van der Waals surface area contributed by atoms with Gasteiger partial charge in [0.25, 0.3) is 5.92 Å². The van der Waals surface area contributed by atoms with Gasteiger partial charge in [0, 0.05) is 5.56 Å². The molecular formula is C21H17ClF2N6O2. The first kappa shape index (κ1) is 21.6. The number of nitrogens with zero attached hydrogens (tertiary/aromatic N) is 5. The van der Waals surface area contributed by atoms with E-state index in [4.69, 9.17) is 11.6 Å². The molecule has 1 aromatic carbocycles. The Bertz CT molecular complexity index is 1290. The molecule has 2 N–H and O–H groups in total. The van der Waals surface area contributed by atoms with E-state index in [0.717, 1.165) is 5.56 Å². The van der Waals surface area contributed by atoms with Crippen LogP contribution in [0.3, 0.4) is 0 Å². The van der Waals surface area contributed by atoms with E-state index < -0.39 is 31.0 Å². The molecular weight excluding hydrogens is 442 g/mol. The minimum atomic E-state index is -2.83. The zero-order valence-electron chi connectivity index (χ0n) is 17.0. The second kappa shape index (κ2) is 7.84. The maximum Gasteiger partial charge on any atom is 0.356 e. The van der Waals surface area contributed by atoms with Crippen LogP contribution in [-0.2, 0) is 0 Å². The third kappa shape index (κ3) is 3.99. The number of aromatic nitrogens is 3. The number of halogens is 3. The Balaban J connectivity index is 1.78. The molecule has 0 unspecified atom stereocenters. The number of pyridine rings is 1. The highest BCUT2D eigenvalue weighted by atomic mass is 35.5. The molecule has 0 saturated carbocycles. The first-order valence-electron chi connectivity index (χ1n) is 9.59. The monoisotopic (exact) mass is 458 g/mol. The van der Waals surface area contributed by atoms with E-state index >= 15 is 0 Å². The molecule has 0 radical (unpaired) electrons. The Morgan fingerprint density at radius 2 is 2.03 bits per heavy atom. The molecule has 0 spiro atoms. The highest BCUT2D eigenvalue weighted by Gasteiger charge is 2.45. The van der Waals surface area contributed by atoms with Gasteiger partial charge in [-0.25, -0.2) is 28.5 Å². The van der Waals surface area contributed by atoms with Crippen LogP contribution in [0.2, 0.25) is 5.15 Å². The van der Waals surface area contributed by atoms with Gasteiger partial charge >= 0.3 is 5.97 Å². The van der Waals surface area contributed by atoms with Gasteiger partial charge < -0.3 is 15.3 Å². The van der Waals surface area contributed by atoms with Crippen LogP contribution >= 0.6 is 11.6 Å². The number of rotatable bonds is 5. The largest absolute Gasteiger partial charge is 0.476 e. The molecule has 4 rings (SSSR count). The van der Waals surface area contributed by atoms with Gasteiger partial charge in [0.05, 0.1) is 35.9 Å². The summed E-state index contributed by atoms with van der Waals surface area (Å²) >= 11 is 5.82. The molecule has 1 aliphatic heterocycles. The van der Waals surface area contributed by atoms with Crippen LogP contribution in [0.15, 0.2) is 24.3 Å². The number of hydrogen-bond donors (Lipinski definition) is 2. The maximum absolute atomic E-state index is 13.4. The molecule has 32 heavy (non-hydrogen) atoms. The molecule has 2 aromatic heterocycles. The van der Waals surface area contributed by atoms with Crippen molar-refractivity contribution in [3.63, 3.8) is 0 Å². The van der Waals surface area contributed by atoms with Crippen LogP contribution in [-0.4, -0.2) is 45.0 Å².